The number of nitrogens with two attached hydrogens (primary N) is 1. The summed E-state index contributed by atoms with van der Waals surface area (Å²) in [6.07, 6.45) is 1.73. The fourth-order valence-electron chi connectivity index (χ4n) is 1.32. The summed E-state index contributed by atoms with van der Waals surface area (Å²) in [5, 5.41) is 9.59. The molecule has 0 fully saturated rings. The van der Waals surface area contributed by atoms with Crippen LogP contribution >= 0.6 is 0 Å². The molecule has 1 aromatic carbocycles. The quantitative estimate of drug-likeness (QED) is 0.575. The number of nitrogen functional groups attached to an aromatic ring is 1. The Bertz CT molecular complexity index is 473. The van der Waals surface area contributed by atoms with Gasteiger partial charge in [-0.25, -0.2) is 4.79 Å². The number of aromatic carboxylic acids is 1. The molecular formula is C9H8N2O2. The normalized spacial score (nSPS) is 10.5. The van der Waals surface area contributed by atoms with E-state index in [-0.39, 0.29) is 5.56 Å². The van der Waals surface area contributed by atoms with E-state index in [9.17, 15) is 4.79 Å². The first-order valence-electron chi connectivity index (χ1n) is 3.78. The second-order valence-electron chi connectivity index (χ2n) is 2.81. The van der Waals surface area contributed by atoms with E-state index in [4.69, 9.17) is 10.8 Å². The molecule has 0 aliphatic rings. The molecular weight excluding hydrogens is 168 g/mol. The molecule has 4 N–H and O–H groups in total. The van der Waals surface area contributed by atoms with Crippen LogP contribution in [0, 0.1) is 0 Å². The largest absolute Gasteiger partial charge is 0.478 e. The van der Waals surface area contributed by atoms with Crippen LogP contribution in [0.2, 0.25) is 0 Å². The van der Waals surface area contributed by atoms with Crippen LogP contribution < -0.4 is 5.73 Å². The van der Waals surface area contributed by atoms with Crippen molar-refractivity contribution in [2.24, 2.45) is 0 Å². The first-order chi connectivity index (χ1) is 6.18. The predicted octanol–water partition coefficient (Wildman–Crippen LogP) is 1.45. The highest BCUT2D eigenvalue weighted by molar-refractivity contribution is 5.99. The number of nitrogens with one attached hydrogen (secondary N) is 1. The second-order valence-corrected chi connectivity index (χ2v) is 2.81. The van der Waals surface area contributed by atoms with Gasteiger partial charge in [-0.1, -0.05) is 0 Å². The van der Waals surface area contributed by atoms with E-state index in [2.05, 4.69) is 4.98 Å². The highest BCUT2D eigenvalue weighted by atomic mass is 16.4. The number of anilines is 1. The summed E-state index contributed by atoms with van der Waals surface area (Å²) in [4.78, 5) is 13.6. The molecule has 0 atom stereocenters. The monoisotopic (exact) mass is 176 g/mol. The Balaban J connectivity index is 2.77. The van der Waals surface area contributed by atoms with Crippen LogP contribution in [0.4, 0.5) is 5.69 Å². The number of hydrogen-bond donors (Lipinski definition) is 3. The topological polar surface area (TPSA) is 79.1 Å². The first kappa shape index (κ1) is 7.67. The summed E-state index contributed by atoms with van der Waals surface area (Å²) < 4.78 is 0. The number of aromatic nitrogens is 1. The van der Waals surface area contributed by atoms with Crippen molar-refractivity contribution in [1.82, 2.24) is 4.98 Å². The summed E-state index contributed by atoms with van der Waals surface area (Å²) >= 11 is 0. The molecule has 4 nitrogen and oxygen atoms in total. The van der Waals surface area contributed by atoms with Crippen molar-refractivity contribution in [3.05, 3.63) is 30.0 Å². The Labute approximate surface area is 74.0 Å². The maximum atomic E-state index is 10.6. The smallest absolute Gasteiger partial charge is 0.335 e. The van der Waals surface area contributed by atoms with Crippen LogP contribution in [0.25, 0.3) is 10.9 Å². The molecule has 2 aromatic rings. The predicted molar refractivity (Wildman–Crippen MR) is 49.7 cm³/mol. The SMILES string of the molecule is Nc1cc(C(=O)O)cc2[nH]ccc12. The molecule has 0 amide bonds. The number of carbonyl (C=O) groups is 1. The Kier molecular flexibility index (Phi) is 1.48. The van der Waals surface area contributed by atoms with E-state index in [1.54, 1.807) is 12.3 Å². The minimum atomic E-state index is -0.969. The Morgan fingerprint density at radius 2 is 2.23 bits per heavy atom. The van der Waals surface area contributed by atoms with Crippen LogP contribution in [-0.2, 0) is 0 Å². The number of hydrogen-bond acceptors (Lipinski definition) is 2. The van der Waals surface area contributed by atoms with Gasteiger partial charge in [0.25, 0.3) is 0 Å². The molecule has 0 aliphatic heterocycles. The van der Waals surface area contributed by atoms with Gasteiger partial charge in [0, 0.05) is 22.8 Å². The zero-order chi connectivity index (χ0) is 9.42. The number of carboxylic acids is 1. The van der Waals surface area contributed by atoms with Crippen LogP contribution in [0.5, 0.6) is 0 Å². The summed E-state index contributed by atoms with van der Waals surface area (Å²) in [5.41, 5.74) is 7.09. The van der Waals surface area contributed by atoms with E-state index >= 15 is 0 Å². The third-order valence-electron chi connectivity index (χ3n) is 1.95. The van der Waals surface area contributed by atoms with Crippen molar-refractivity contribution in [3.63, 3.8) is 0 Å². The number of aromatic amines is 1. The maximum absolute atomic E-state index is 10.6. The lowest BCUT2D eigenvalue weighted by molar-refractivity contribution is 0.0697. The number of fused-ring (bicyclic) bond motifs is 1. The van der Waals surface area contributed by atoms with Gasteiger partial charge in [0.1, 0.15) is 0 Å². The summed E-state index contributed by atoms with van der Waals surface area (Å²) in [6.45, 7) is 0. The third-order valence-corrected chi connectivity index (χ3v) is 1.95. The van der Waals surface area contributed by atoms with Crippen molar-refractivity contribution < 1.29 is 9.90 Å². The second kappa shape index (κ2) is 2.52. The molecule has 13 heavy (non-hydrogen) atoms. The van der Waals surface area contributed by atoms with Crippen molar-refractivity contribution in [1.29, 1.82) is 0 Å². The van der Waals surface area contributed by atoms with Crippen LogP contribution in [0.3, 0.4) is 0 Å². The minimum Gasteiger partial charge on any atom is -0.478 e. The van der Waals surface area contributed by atoms with Crippen LogP contribution in [0.1, 0.15) is 10.4 Å². The van der Waals surface area contributed by atoms with Gasteiger partial charge < -0.3 is 15.8 Å². The molecule has 0 aliphatic carbocycles. The zero-order valence-corrected chi connectivity index (χ0v) is 6.74. The molecule has 0 bridgehead atoms. The van der Waals surface area contributed by atoms with E-state index < -0.39 is 5.97 Å². The third kappa shape index (κ3) is 1.12. The summed E-state index contributed by atoms with van der Waals surface area (Å²) in [7, 11) is 0. The van der Waals surface area contributed by atoms with Crippen LogP contribution in [0.15, 0.2) is 24.4 Å². The average molecular weight is 176 g/mol. The molecule has 1 aromatic heterocycles. The number of rotatable bonds is 1. The van der Waals surface area contributed by atoms with E-state index in [0.29, 0.717) is 5.69 Å². The lowest BCUT2D eigenvalue weighted by atomic mass is 10.1. The molecule has 4 heteroatoms. The lowest BCUT2D eigenvalue weighted by Crippen LogP contribution is -1.98. The van der Waals surface area contributed by atoms with Gasteiger partial charge in [-0.05, 0) is 18.2 Å². The summed E-state index contributed by atoms with van der Waals surface area (Å²) in [6, 6.07) is 4.84. The van der Waals surface area contributed by atoms with Gasteiger partial charge >= 0.3 is 5.97 Å². The Morgan fingerprint density at radius 1 is 1.46 bits per heavy atom. The zero-order valence-electron chi connectivity index (χ0n) is 6.74. The highest BCUT2D eigenvalue weighted by Crippen LogP contribution is 2.21. The molecule has 0 saturated carbocycles. The lowest BCUT2D eigenvalue weighted by Gasteiger charge is -1.98. The molecule has 0 spiro atoms. The van der Waals surface area contributed by atoms with E-state index in [1.165, 1.54) is 6.07 Å². The Hall–Kier alpha value is -1.97. The van der Waals surface area contributed by atoms with Crippen molar-refractivity contribution in [2.75, 3.05) is 5.73 Å². The Morgan fingerprint density at radius 3 is 2.92 bits per heavy atom. The van der Waals surface area contributed by atoms with E-state index in [0.717, 1.165) is 10.9 Å². The number of benzene rings is 1. The fourth-order valence-corrected chi connectivity index (χ4v) is 1.32. The average Bonchev–Trinajstić information content (AvgIpc) is 2.51. The maximum Gasteiger partial charge on any atom is 0.335 e. The van der Waals surface area contributed by atoms with Crippen molar-refractivity contribution in [2.45, 2.75) is 0 Å². The van der Waals surface area contributed by atoms with Gasteiger partial charge in [0.2, 0.25) is 0 Å². The van der Waals surface area contributed by atoms with Gasteiger partial charge in [-0.2, -0.15) is 0 Å². The number of H-pyrrole nitrogens is 1. The molecule has 1 heterocycles. The molecule has 0 radical (unpaired) electrons. The molecule has 66 valence electrons. The first-order valence-corrected chi connectivity index (χ1v) is 3.78. The van der Waals surface area contributed by atoms with Crippen LogP contribution in [-0.4, -0.2) is 16.1 Å². The van der Waals surface area contributed by atoms with Crippen molar-refractivity contribution >= 4 is 22.6 Å². The highest BCUT2D eigenvalue weighted by Gasteiger charge is 2.06. The van der Waals surface area contributed by atoms with Gasteiger partial charge in [-0.3, -0.25) is 0 Å². The fraction of sp³-hybridized carbons (Fsp3) is 0. The molecule has 2 rings (SSSR count). The molecule has 0 unspecified atom stereocenters. The van der Waals surface area contributed by atoms with Gasteiger partial charge in [0.15, 0.2) is 0 Å². The minimum absolute atomic E-state index is 0.201. The standard InChI is InChI=1S/C9H8N2O2/c10-7-3-5(9(12)13)4-8-6(7)1-2-11-8/h1-4,11H,10H2,(H,12,13). The van der Waals surface area contributed by atoms with Crippen molar-refractivity contribution in [3.8, 4) is 0 Å². The van der Waals surface area contributed by atoms with Gasteiger partial charge in [0.05, 0.1) is 5.56 Å². The molecule has 0 saturated heterocycles. The van der Waals surface area contributed by atoms with Gasteiger partial charge in [-0.15, -0.1) is 0 Å². The number of carboxylic acid groups (broad SMARTS) is 1. The summed E-state index contributed by atoms with van der Waals surface area (Å²) in [5.74, 6) is -0.969. The van der Waals surface area contributed by atoms with E-state index in [1.807, 2.05) is 6.07 Å².